The zero-order valence-electron chi connectivity index (χ0n) is 6.58. The van der Waals surface area contributed by atoms with Gasteiger partial charge in [0.1, 0.15) is 0 Å². The normalized spacial score (nSPS) is 21.7. The van der Waals surface area contributed by atoms with Crippen LogP contribution in [0.1, 0.15) is 17.2 Å². The lowest BCUT2D eigenvalue weighted by atomic mass is 10.1. The Kier molecular flexibility index (Phi) is 1.66. The van der Waals surface area contributed by atoms with Gasteiger partial charge in [-0.3, -0.25) is 0 Å². The predicted octanol–water partition coefficient (Wildman–Crippen LogP) is 2.13. The van der Waals surface area contributed by atoms with Gasteiger partial charge in [0.05, 0.1) is 6.10 Å². The van der Waals surface area contributed by atoms with Crippen molar-refractivity contribution in [1.29, 1.82) is 0 Å². The average molecular weight is 147 g/mol. The van der Waals surface area contributed by atoms with Gasteiger partial charge < -0.3 is 4.74 Å². The highest BCUT2D eigenvalue weighted by molar-refractivity contribution is 5.37. The lowest BCUT2D eigenvalue weighted by molar-refractivity contribution is 0.134. The molecule has 0 N–H and O–H groups in total. The maximum atomic E-state index is 5.28. The zero-order valence-corrected chi connectivity index (χ0v) is 6.58. The van der Waals surface area contributed by atoms with Gasteiger partial charge in [0.25, 0.3) is 0 Å². The molecule has 0 amide bonds. The molecule has 57 valence electrons. The highest BCUT2D eigenvalue weighted by Crippen LogP contribution is 2.31. The van der Waals surface area contributed by atoms with Crippen molar-refractivity contribution in [3.8, 4) is 0 Å². The zero-order chi connectivity index (χ0) is 7.68. The fourth-order valence-electron chi connectivity index (χ4n) is 1.58. The summed E-state index contributed by atoms with van der Waals surface area (Å²) < 4.78 is 5.28. The topological polar surface area (TPSA) is 9.23 Å². The van der Waals surface area contributed by atoms with Gasteiger partial charge in [0, 0.05) is 7.11 Å². The summed E-state index contributed by atoms with van der Waals surface area (Å²) in [6.45, 7) is 0. The Morgan fingerprint density at radius 2 is 2.18 bits per heavy atom. The number of hydrogen-bond acceptors (Lipinski definition) is 1. The second-order valence-electron chi connectivity index (χ2n) is 2.79. The molecule has 1 radical (unpaired) electrons. The van der Waals surface area contributed by atoms with Gasteiger partial charge in [-0.15, -0.1) is 0 Å². The number of benzene rings is 1. The quantitative estimate of drug-likeness (QED) is 0.591. The summed E-state index contributed by atoms with van der Waals surface area (Å²) in [6.07, 6.45) is 3.48. The second kappa shape index (κ2) is 2.67. The Morgan fingerprint density at radius 3 is 3.00 bits per heavy atom. The highest BCUT2D eigenvalue weighted by atomic mass is 16.5. The summed E-state index contributed by atoms with van der Waals surface area (Å²) in [7, 11) is 1.75. The third kappa shape index (κ3) is 1.05. The Balaban J connectivity index is 2.39. The van der Waals surface area contributed by atoms with Crippen LogP contribution in [0.3, 0.4) is 0 Å². The van der Waals surface area contributed by atoms with E-state index in [0.717, 1.165) is 6.42 Å². The van der Waals surface area contributed by atoms with E-state index in [1.807, 2.05) is 0 Å². The maximum absolute atomic E-state index is 5.28. The molecule has 1 aromatic carbocycles. The van der Waals surface area contributed by atoms with E-state index in [2.05, 4.69) is 30.7 Å². The van der Waals surface area contributed by atoms with Crippen molar-refractivity contribution in [3.05, 3.63) is 41.8 Å². The van der Waals surface area contributed by atoms with Crippen molar-refractivity contribution in [2.75, 3.05) is 7.11 Å². The van der Waals surface area contributed by atoms with Crippen LogP contribution in [0.15, 0.2) is 24.3 Å². The number of rotatable bonds is 1. The van der Waals surface area contributed by atoms with E-state index in [-0.39, 0.29) is 6.10 Å². The van der Waals surface area contributed by atoms with Crippen LogP contribution in [0.2, 0.25) is 0 Å². The smallest absolute Gasteiger partial charge is 0.0858 e. The number of ether oxygens (including phenoxy) is 1. The van der Waals surface area contributed by atoms with Gasteiger partial charge in [0.2, 0.25) is 0 Å². The van der Waals surface area contributed by atoms with Gasteiger partial charge >= 0.3 is 0 Å². The minimum atomic E-state index is 0.228. The van der Waals surface area contributed by atoms with E-state index in [0.29, 0.717) is 0 Å². The first-order valence-electron chi connectivity index (χ1n) is 3.86. The summed E-state index contributed by atoms with van der Waals surface area (Å²) >= 11 is 0. The monoisotopic (exact) mass is 147 g/mol. The summed E-state index contributed by atoms with van der Waals surface area (Å²) in [5.74, 6) is 0. The van der Waals surface area contributed by atoms with Crippen molar-refractivity contribution in [2.24, 2.45) is 0 Å². The molecule has 0 aliphatic heterocycles. The molecule has 0 fully saturated rings. The standard InChI is InChI=1S/C10H11O/c1-11-10-7-6-8-4-2-3-5-9(8)10/h2-5,7,10H,6H2,1H3. The van der Waals surface area contributed by atoms with Crippen LogP contribution in [0.25, 0.3) is 0 Å². The molecule has 1 nitrogen and oxygen atoms in total. The van der Waals surface area contributed by atoms with Crippen molar-refractivity contribution in [3.63, 3.8) is 0 Å². The van der Waals surface area contributed by atoms with Gasteiger partial charge in [-0.05, 0) is 24.0 Å². The van der Waals surface area contributed by atoms with Crippen LogP contribution in [0.5, 0.6) is 0 Å². The van der Waals surface area contributed by atoms with Crippen molar-refractivity contribution >= 4 is 0 Å². The Bertz CT molecular complexity index is 255. The van der Waals surface area contributed by atoms with E-state index in [1.54, 1.807) is 7.11 Å². The summed E-state index contributed by atoms with van der Waals surface area (Å²) in [5, 5.41) is 0. The molecule has 1 atom stereocenters. The second-order valence-corrected chi connectivity index (χ2v) is 2.79. The minimum Gasteiger partial charge on any atom is -0.376 e. The largest absolute Gasteiger partial charge is 0.376 e. The summed E-state index contributed by atoms with van der Waals surface area (Å²) in [5.41, 5.74) is 2.73. The molecule has 0 saturated carbocycles. The molecule has 0 heterocycles. The van der Waals surface area contributed by atoms with Crippen molar-refractivity contribution in [1.82, 2.24) is 0 Å². The van der Waals surface area contributed by atoms with Gasteiger partial charge in [-0.1, -0.05) is 24.3 Å². The number of fused-ring (bicyclic) bond motifs is 1. The van der Waals surface area contributed by atoms with Gasteiger partial charge in [-0.2, -0.15) is 0 Å². The number of methoxy groups -OCH3 is 1. The maximum Gasteiger partial charge on any atom is 0.0858 e. The van der Waals surface area contributed by atoms with Crippen LogP contribution in [0, 0.1) is 6.42 Å². The molecule has 0 spiro atoms. The Hall–Kier alpha value is -0.820. The minimum absolute atomic E-state index is 0.228. The first kappa shape index (κ1) is 6.86. The van der Waals surface area contributed by atoms with Crippen LogP contribution in [-0.4, -0.2) is 7.11 Å². The molecule has 11 heavy (non-hydrogen) atoms. The van der Waals surface area contributed by atoms with Crippen LogP contribution in [-0.2, 0) is 11.2 Å². The molecule has 1 aliphatic carbocycles. The first-order valence-corrected chi connectivity index (χ1v) is 3.86. The lowest BCUT2D eigenvalue weighted by Crippen LogP contribution is -1.94. The van der Waals surface area contributed by atoms with Crippen LogP contribution >= 0.6 is 0 Å². The van der Waals surface area contributed by atoms with Gasteiger partial charge in [-0.25, -0.2) is 0 Å². The molecule has 1 aromatic rings. The molecule has 2 rings (SSSR count). The van der Waals surface area contributed by atoms with E-state index in [4.69, 9.17) is 4.74 Å². The predicted molar refractivity (Wildman–Crippen MR) is 44.2 cm³/mol. The van der Waals surface area contributed by atoms with E-state index < -0.39 is 0 Å². The molecule has 0 saturated heterocycles. The summed E-state index contributed by atoms with van der Waals surface area (Å²) in [6, 6.07) is 8.42. The van der Waals surface area contributed by atoms with Crippen molar-refractivity contribution in [2.45, 2.75) is 12.5 Å². The molecular weight excluding hydrogens is 136 g/mol. The lowest BCUT2D eigenvalue weighted by Gasteiger charge is -2.07. The first-order chi connectivity index (χ1) is 5.42. The molecule has 1 unspecified atom stereocenters. The third-order valence-corrected chi connectivity index (χ3v) is 2.17. The molecular formula is C10H11O. The summed E-state index contributed by atoms with van der Waals surface area (Å²) in [4.78, 5) is 0. The van der Waals surface area contributed by atoms with Crippen molar-refractivity contribution < 1.29 is 4.74 Å². The molecule has 1 heteroatoms. The van der Waals surface area contributed by atoms with Crippen LogP contribution in [0.4, 0.5) is 0 Å². The van der Waals surface area contributed by atoms with E-state index in [1.165, 1.54) is 11.1 Å². The van der Waals surface area contributed by atoms with Crippen LogP contribution < -0.4 is 0 Å². The Labute approximate surface area is 67.0 Å². The number of hydrogen-bond donors (Lipinski definition) is 0. The fraction of sp³-hybridized carbons (Fsp3) is 0.300. The molecule has 0 bridgehead atoms. The van der Waals surface area contributed by atoms with Gasteiger partial charge in [0.15, 0.2) is 0 Å². The third-order valence-electron chi connectivity index (χ3n) is 2.17. The highest BCUT2D eigenvalue weighted by Gasteiger charge is 2.20. The van der Waals surface area contributed by atoms with E-state index >= 15 is 0 Å². The SMILES string of the molecule is COC1[CH]Cc2ccccc21. The fourth-order valence-corrected chi connectivity index (χ4v) is 1.58. The molecule has 0 aromatic heterocycles. The van der Waals surface area contributed by atoms with E-state index in [9.17, 15) is 0 Å². The molecule has 1 aliphatic rings. The Morgan fingerprint density at radius 1 is 1.36 bits per heavy atom. The average Bonchev–Trinajstić information content (AvgIpc) is 2.47.